The second-order valence-electron chi connectivity index (χ2n) is 4.77. The molecule has 0 aliphatic rings. The minimum atomic E-state index is -3.27. The lowest BCUT2D eigenvalue weighted by atomic mass is 10.2. The highest BCUT2D eigenvalue weighted by Gasteiger charge is 2.06. The van der Waals surface area contributed by atoms with E-state index in [2.05, 4.69) is 9.71 Å². The van der Waals surface area contributed by atoms with Gasteiger partial charge in [-0.05, 0) is 30.3 Å². The van der Waals surface area contributed by atoms with E-state index in [9.17, 15) is 8.42 Å². The van der Waals surface area contributed by atoms with Crippen LogP contribution < -0.4 is 4.72 Å². The first kappa shape index (κ1) is 15.1. The molecule has 0 radical (unpaired) electrons. The van der Waals surface area contributed by atoms with Crippen LogP contribution in [0, 0.1) is 4.64 Å². The van der Waals surface area contributed by atoms with Crippen molar-refractivity contribution in [2.24, 2.45) is 0 Å². The molecule has 2 aromatic carbocycles. The van der Waals surface area contributed by atoms with Crippen molar-refractivity contribution in [3.63, 3.8) is 0 Å². The lowest BCUT2D eigenvalue weighted by molar-refractivity contribution is 0.607. The zero-order valence-electron chi connectivity index (χ0n) is 11.6. The molecule has 3 rings (SSSR count). The van der Waals surface area contributed by atoms with Crippen molar-refractivity contribution in [2.45, 2.75) is 0 Å². The Kier molecular flexibility index (Phi) is 3.94. The summed E-state index contributed by atoms with van der Waals surface area (Å²) in [4.78, 5) is 4.47. The number of benzene rings is 2. The maximum atomic E-state index is 11.2. The van der Waals surface area contributed by atoms with Crippen LogP contribution in [0.1, 0.15) is 0 Å². The molecule has 112 valence electrons. The second kappa shape index (κ2) is 5.75. The highest BCUT2D eigenvalue weighted by molar-refractivity contribution is 7.92. The molecule has 7 heteroatoms. The molecular formula is C15H12N2O2S3. The molecule has 0 amide bonds. The maximum absolute atomic E-state index is 11.2. The Hall–Kier alpha value is -1.83. The monoisotopic (exact) mass is 348 g/mol. The minimum absolute atomic E-state index is 0.524. The zero-order chi connectivity index (χ0) is 15.7. The fraction of sp³-hybridized carbons (Fsp3) is 0.0667. The van der Waals surface area contributed by atoms with Crippen LogP contribution in [0.3, 0.4) is 0 Å². The number of sulfonamides is 1. The Balaban J connectivity index is 2.03. The molecule has 0 saturated heterocycles. The largest absolute Gasteiger partial charge is 0.284 e. The van der Waals surface area contributed by atoms with Crippen LogP contribution in [0.25, 0.3) is 20.7 Å². The highest BCUT2D eigenvalue weighted by Crippen LogP contribution is 2.29. The average molecular weight is 348 g/mol. The predicted octanol–water partition coefficient (Wildman–Crippen LogP) is 4.06. The fourth-order valence-electron chi connectivity index (χ4n) is 2.03. The summed E-state index contributed by atoms with van der Waals surface area (Å²) < 4.78 is 26.5. The summed E-state index contributed by atoms with van der Waals surface area (Å²) in [5.74, 6) is 0. The smallest absolute Gasteiger partial charge is 0.229 e. The Morgan fingerprint density at radius 1 is 1.09 bits per heavy atom. The number of aromatic nitrogens is 1. The van der Waals surface area contributed by atoms with Gasteiger partial charge < -0.3 is 0 Å². The molecule has 0 bridgehead atoms. The molecule has 1 N–H and O–H groups in total. The summed E-state index contributed by atoms with van der Waals surface area (Å²) in [5.41, 5.74) is 1.43. The number of rotatable bonds is 3. The topological polar surface area (TPSA) is 59.1 Å². The first-order valence-electron chi connectivity index (χ1n) is 6.40. The van der Waals surface area contributed by atoms with E-state index in [1.807, 2.05) is 36.4 Å². The molecule has 1 heterocycles. The van der Waals surface area contributed by atoms with Crippen molar-refractivity contribution in [3.8, 4) is 10.6 Å². The van der Waals surface area contributed by atoms with Gasteiger partial charge in [0.25, 0.3) is 0 Å². The number of hydrogen-bond acceptors (Lipinski definition) is 5. The first-order chi connectivity index (χ1) is 10.4. The molecule has 0 spiro atoms. The fourth-order valence-corrected chi connectivity index (χ4v) is 4.01. The molecule has 0 atom stereocenters. The van der Waals surface area contributed by atoms with E-state index in [-0.39, 0.29) is 0 Å². The van der Waals surface area contributed by atoms with Gasteiger partial charge in [0, 0.05) is 21.3 Å². The minimum Gasteiger partial charge on any atom is -0.284 e. The van der Waals surface area contributed by atoms with Crippen molar-refractivity contribution in [1.82, 2.24) is 4.98 Å². The molecule has 0 unspecified atom stereocenters. The van der Waals surface area contributed by atoms with E-state index in [4.69, 9.17) is 12.2 Å². The molecule has 0 aliphatic heterocycles. The predicted molar refractivity (Wildman–Crippen MR) is 94.4 cm³/mol. The third kappa shape index (κ3) is 3.32. The van der Waals surface area contributed by atoms with Crippen molar-refractivity contribution < 1.29 is 8.42 Å². The van der Waals surface area contributed by atoms with Crippen LogP contribution in [-0.2, 0) is 10.0 Å². The molecule has 22 heavy (non-hydrogen) atoms. The van der Waals surface area contributed by atoms with E-state index in [0.717, 1.165) is 26.9 Å². The summed E-state index contributed by atoms with van der Waals surface area (Å²) in [5, 5.41) is 1.79. The van der Waals surface area contributed by atoms with Gasteiger partial charge in [0.1, 0.15) is 9.65 Å². The Labute approximate surface area is 137 Å². The summed E-state index contributed by atoms with van der Waals surface area (Å²) in [6.07, 6.45) is 1.12. The molecule has 3 aromatic rings. The first-order valence-corrected chi connectivity index (χ1v) is 9.52. The number of hydrogen-bond donors (Lipinski definition) is 1. The van der Waals surface area contributed by atoms with Crippen LogP contribution in [0.15, 0.2) is 48.5 Å². The SMILES string of the molecule is CS(=O)(=O)Nc1ccc(-c2nc(=S)c3ccccc3s2)cc1. The van der Waals surface area contributed by atoms with Crippen LogP contribution in [0.5, 0.6) is 0 Å². The lowest BCUT2D eigenvalue weighted by Crippen LogP contribution is -2.09. The van der Waals surface area contributed by atoms with Gasteiger partial charge in [-0.1, -0.05) is 30.4 Å². The van der Waals surface area contributed by atoms with Crippen LogP contribution in [0.4, 0.5) is 5.69 Å². The number of fused-ring (bicyclic) bond motifs is 1. The molecule has 0 fully saturated rings. The van der Waals surface area contributed by atoms with Crippen molar-refractivity contribution in [2.75, 3.05) is 11.0 Å². The molecule has 4 nitrogen and oxygen atoms in total. The summed E-state index contributed by atoms with van der Waals surface area (Å²) in [7, 11) is -3.27. The van der Waals surface area contributed by atoms with E-state index >= 15 is 0 Å². The summed E-state index contributed by atoms with van der Waals surface area (Å²) in [6.45, 7) is 0. The van der Waals surface area contributed by atoms with Gasteiger partial charge in [-0.3, -0.25) is 4.72 Å². The van der Waals surface area contributed by atoms with Crippen molar-refractivity contribution in [1.29, 1.82) is 0 Å². The Bertz CT molecular complexity index is 993. The summed E-state index contributed by atoms with van der Waals surface area (Å²) >= 11 is 6.90. The van der Waals surface area contributed by atoms with Crippen LogP contribution in [-0.4, -0.2) is 19.7 Å². The van der Waals surface area contributed by atoms with Gasteiger partial charge in [-0.2, -0.15) is 0 Å². The highest BCUT2D eigenvalue weighted by atomic mass is 32.2. The number of anilines is 1. The van der Waals surface area contributed by atoms with Crippen molar-refractivity contribution in [3.05, 3.63) is 53.2 Å². The van der Waals surface area contributed by atoms with Gasteiger partial charge in [-0.25, -0.2) is 13.4 Å². The number of nitrogens with zero attached hydrogens (tertiary/aromatic N) is 1. The van der Waals surface area contributed by atoms with Gasteiger partial charge in [-0.15, -0.1) is 11.3 Å². The third-order valence-electron chi connectivity index (χ3n) is 2.96. The van der Waals surface area contributed by atoms with E-state index in [0.29, 0.717) is 10.3 Å². The van der Waals surface area contributed by atoms with Gasteiger partial charge >= 0.3 is 0 Å². The second-order valence-corrected chi connectivity index (χ2v) is 7.94. The van der Waals surface area contributed by atoms with E-state index < -0.39 is 10.0 Å². The quantitative estimate of drug-likeness (QED) is 0.725. The zero-order valence-corrected chi connectivity index (χ0v) is 14.1. The Morgan fingerprint density at radius 3 is 2.45 bits per heavy atom. The van der Waals surface area contributed by atoms with Crippen LogP contribution >= 0.6 is 23.6 Å². The molecule has 0 saturated carbocycles. The maximum Gasteiger partial charge on any atom is 0.229 e. The van der Waals surface area contributed by atoms with Gasteiger partial charge in [0.2, 0.25) is 10.0 Å². The normalized spacial score (nSPS) is 11.5. The van der Waals surface area contributed by atoms with E-state index in [1.54, 1.807) is 23.5 Å². The lowest BCUT2D eigenvalue weighted by Gasteiger charge is -2.06. The molecular weight excluding hydrogens is 336 g/mol. The average Bonchev–Trinajstić information content (AvgIpc) is 2.46. The molecule has 1 aromatic heterocycles. The number of nitrogens with one attached hydrogen (secondary N) is 1. The Morgan fingerprint density at radius 2 is 1.77 bits per heavy atom. The van der Waals surface area contributed by atoms with Gasteiger partial charge in [0.05, 0.1) is 6.26 Å². The summed E-state index contributed by atoms with van der Waals surface area (Å²) in [6, 6.07) is 15.0. The molecule has 0 aliphatic carbocycles. The third-order valence-corrected chi connectivity index (χ3v) is 4.98. The van der Waals surface area contributed by atoms with E-state index in [1.165, 1.54) is 0 Å². The van der Waals surface area contributed by atoms with Crippen LogP contribution in [0.2, 0.25) is 0 Å². The van der Waals surface area contributed by atoms with Crippen molar-refractivity contribution >= 4 is 49.4 Å². The standard InChI is InChI=1S/C15H12N2O2S3/c1-22(18,19)17-11-8-6-10(7-9-11)15-16-14(20)12-4-2-3-5-13(12)21-15/h2-9,17H,1H3. The van der Waals surface area contributed by atoms with Gasteiger partial charge in [0.15, 0.2) is 0 Å².